The van der Waals surface area contributed by atoms with Gasteiger partial charge in [0.1, 0.15) is 0 Å². The number of hydrogen-bond donors (Lipinski definition) is 2. The SMILES string of the molecule is CN(C)C(=O)c1cccc(-c2csc(NC(=O)CNC(=O)c3cccc(S(=O)(=O)N(C)C)c3)n2)c1. The molecule has 0 saturated heterocycles. The number of amides is 3. The van der Waals surface area contributed by atoms with Gasteiger partial charge in [0.25, 0.3) is 11.8 Å². The molecular formula is C23H25N5O5S2. The number of hydrogen-bond acceptors (Lipinski definition) is 7. The fourth-order valence-corrected chi connectivity index (χ4v) is 4.65. The molecule has 35 heavy (non-hydrogen) atoms. The predicted octanol–water partition coefficient (Wildman–Crippen LogP) is 2.13. The average Bonchev–Trinajstić information content (AvgIpc) is 3.30. The van der Waals surface area contributed by atoms with Crippen LogP contribution < -0.4 is 10.6 Å². The highest BCUT2D eigenvalue weighted by atomic mass is 32.2. The van der Waals surface area contributed by atoms with Gasteiger partial charge in [-0.05, 0) is 30.3 Å². The lowest BCUT2D eigenvalue weighted by Gasteiger charge is -2.12. The minimum Gasteiger partial charge on any atom is -0.345 e. The summed E-state index contributed by atoms with van der Waals surface area (Å²) in [6, 6.07) is 12.6. The third-order valence-electron chi connectivity index (χ3n) is 4.85. The summed E-state index contributed by atoms with van der Waals surface area (Å²) in [5.74, 6) is -1.21. The number of nitrogens with zero attached hydrogens (tertiary/aromatic N) is 3. The molecule has 1 heterocycles. The van der Waals surface area contributed by atoms with Crippen molar-refractivity contribution in [1.29, 1.82) is 0 Å². The van der Waals surface area contributed by atoms with E-state index in [0.717, 1.165) is 9.87 Å². The van der Waals surface area contributed by atoms with E-state index in [4.69, 9.17) is 0 Å². The molecule has 0 spiro atoms. The molecule has 0 saturated carbocycles. The smallest absolute Gasteiger partial charge is 0.253 e. The van der Waals surface area contributed by atoms with Crippen LogP contribution in [-0.4, -0.2) is 75.1 Å². The highest BCUT2D eigenvalue weighted by molar-refractivity contribution is 7.89. The van der Waals surface area contributed by atoms with Gasteiger partial charge in [0.15, 0.2) is 5.13 Å². The van der Waals surface area contributed by atoms with Crippen molar-refractivity contribution >= 4 is 44.2 Å². The molecule has 0 aliphatic carbocycles. The molecule has 3 rings (SSSR count). The highest BCUT2D eigenvalue weighted by Gasteiger charge is 2.19. The van der Waals surface area contributed by atoms with Crippen molar-refractivity contribution in [3.05, 3.63) is 65.0 Å². The van der Waals surface area contributed by atoms with Gasteiger partial charge in [0, 0.05) is 50.3 Å². The number of rotatable bonds is 8. The van der Waals surface area contributed by atoms with E-state index in [-0.39, 0.29) is 22.9 Å². The Kier molecular flexibility index (Phi) is 7.99. The van der Waals surface area contributed by atoms with Crippen LogP contribution in [0.1, 0.15) is 20.7 Å². The summed E-state index contributed by atoms with van der Waals surface area (Å²) in [6.07, 6.45) is 0. The predicted molar refractivity (Wildman–Crippen MR) is 134 cm³/mol. The first-order valence-electron chi connectivity index (χ1n) is 10.4. The minimum atomic E-state index is -3.69. The molecule has 1 aromatic heterocycles. The molecule has 2 N–H and O–H groups in total. The number of benzene rings is 2. The molecule has 184 valence electrons. The zero-order chi connectivity index (χ0) is 25.8. The van der Waals surface area contributed by atoms with Crippen LogP contribution >= 0.6 is 11.3 Å². The van der Waals surface area contributed by atoms with Gasteiger partial charge in [0.2, 0.25) is 15.9 Å². The van der Waals surface area contributed by atoms with Crippen molar-refractivity contribution in [2.75, 3.05) is 40.1 Å². The summed E-state index contributed by atoms with van der Waals surface area (Å²) >= 11 is 1.21. The molecule has 0 fully saturated rings. The van der Waals surface area contributed by atoms with Crippen LogP contribution in [0.4, 0.5) is 5.13 Å². The Bertz CT molecular complexity index is 1370. The zero-order valence-corrected chi connectivity index (χ0v) is 21.2. The van der Waals surface area contributed by atoms with Crippen LogP contribution in [0.3, 0.4) is 0 Å². The van der Waals surface area contributed by atoms with E-state index in [1.54, 1.807) is 37.7 Å². The van der Waals surface area contributed by atoms with Gasteiger partial charge < -0.3 is 15.5 Å². The zero-order valence-electron chi connectivity index (χ0n) is 19.6. The number of sulfonamides is 1. The number of thiazole rings is 1. The minimum absolute atomic E-state index is 0.0220. The molecule has 12 heteroatoms. The first-order chi connectivity index (χ1) is 16.5. The Morgan fingerprint density at radius 3 is 2.34 bits per heavy atom. The van der Waals surface area contributed by atoms with E-state index >= 15 is 0 Å². The second kappa shape index (κ2) is 10.8. The number of anilines is 1. The van der Waals surface area contributed by atoms with Gasteiger partial charge in [-0.15, -0.1) is 11.3 Å². The molecule has 0 aliphatic rings. The van der Waals surface area contributed by atoms with Crippen molar-refractivity contribution in [2.24, 2.45) is 0 Å². The number of aromatic nitrogens is 1. The van der Waals surface area contributed by atoms with E-state index in [0.29, 0.717) is 16.4 Å². The summed E-state index contributed by atoms with van der Waals surface area (Å²) in [7, 11) is 2.45. The van der Waals surface area contributed by atoms with Crippen LogP contribution in [0.2, 0.25) is 0 Å². The normalized spacial score (nSPS) is 11.2. The van der Waals surface area contributed by atoms with Crippen molar-refractivity contribution in [1.82, 2.24) is 19.5 Å². The average molecular weight is 516 g/mol. The standard InChI is InChI=1S/C23H25N5O5S2/c1-27(2)22(31)17-9-5-7-15(11-17)19-14-34-23(25-19)26-20(29)13-24-21(30)16-8-6-10-18(12-16)35(32,33)28(3)4/h5-12,14H,13H2,1-4H3,(H,24,30)(H,25,26,29). The van der Waals surface area contributed by atoms with E-state index in [1.807, 2.05) is 6.07 Å². The first kappa shape index (κ1) is 26.0. The maximum atomic E-state index is 12.4. The van der Waals surface area contributed by atoms with Gasteiger partial charge in [-0.1, -0.05) is 18.2 Å². The van der Waals surface area contributed by atoms with Crippen LogP contribution in [0.25, 0.3) is 11.3 Å². The lowest BCUT2D eigenvalue weighted by molar-refractivity contribution is -0.115. The Labute approximate surface area is 207 Å². The molecule has 10 nitrogen and oxygen atoms in total. The monoisotopic (exact) mass is 515 g/mol. The second-order valence-corrected chi connectivity index (χ2v) is 10.9. The third-order valence-corrected chi connectivity index (χ3v) is 7.42. The van der Waals surface area contributed by atoms with Crippen LogP contribution in [-0.2, 0) is 14.8 Å². The van der Waals surface area contributed by atoms with Crippen molar-refractivity contribution in [2.45, 2.75) is 4.90 Å². The topological polar surface area (TPSA) is 129 Å². The molecule has 0 atom stereocenters. The summed E-state index contributed by atoms with van der Waals surface area (Å²) in [6.45, 7) is -0.328. The molecular weight excluding hydrogens is 490 g/mol. The number of carbonyl (C=O) groups excluding carboxylic acids is 3. The number of nitrogens with one attached hydrogen (secondary N) is 2. The highest BCUT2D eigenvalue weighted by Crippen LogP contribution is 2.26. The Balaban J connectivity index is 1.61. The van der Waals surface area contributed by atoms with Gasteiger partial charge >= 0.3 is 0 Å². The van der Waals surface area contributed by atoms with Gasteiger partial charge in [0.05, 0.1) is 17.1 Å². The summed E-state index contributed by atoms with van der Waals surface area (Å²) in [5, 5.41) is 7.18. The molecule has 0 radical (unpaired) electrons. The molecule has 3 amide bonds. The van der Waals surface area contributed by atoms with Crippen molar-refractivity contribution < 1.29 is 22.8 Å². The maximum absolute atomic E-state index is 12.4. The fourth-order valence-electron chi connectivity index (χ4n) is 2.97. The van der Waals surface area contributed by atoms with E-state index in [9.17, 15) is 22.8 Å². The van der Waals surface area contributed by atoms with Crippen LogP contribution in [0.15, 0.2) is 58.8 Å². The maximum Gasteiger partial charge on any atom is 0.253 e. The molecule has 2 aromatic carbocycles. The summed E-state index contributed by atoms with van der Waals surface area (Å²) in [4.78, 5) is 42.8. The lowest BCUT2D eigenvalue weighted by atomic mass is 10.1. The van der Waals surface area contributed by atoms with E-state index < -0.39 is 21.8 Å². The quantitative estimate of drug-likeness (QED) is 0.473. The Hall–Kier alpha value is -3.61. The van der Waals surface area contributed by atoms with E-state index in [1.165, 1.54) is 54.6 Å². The fraction of sp³-hybridized carbons (Fsp3) is 0.217. The Morgan fingerprint density at radius 2 is 1.66 bits per heavy atom. The first-order valence-corrected chi connectivity index (χ1v) is 12.7. The van der Waals surface area contributed by atoms with Crippen LogP contribution in [0, 0.1) is 0 Å². The molecule has 0 bridgehead atoms. The van der Waals surface area contributed by atoms with Crippen LogP contribution in [0.5, 0.6) is 0 Å². The number of carbonyl (C=O) groups is 3. The third kappa shape index (κ3) is 6.29. The van der Waals surface area contributed by atoms with Crippen molar-refractivity contribution in [3.63, 3.8) is 0 Å². The lowest BCUT2D eigenvalue weighted by Crippen LogP contribution is -2.33. The van der Waals surface area contributed by atoms with E-state index in [2.05, 4.69) is 15.6 Å². The summed E-state index contributed by atoms with van der Waals surface area (Å²) < 4.78 is 25.6. The van der Waals surface area contributed by atoms with Gasteiger partial charge in [-0.3, -0.25) is 14.4 Å². The Morgan fingerprint density at radius 1 is 0.971 bits per heavy atom. The second-order valence-electron chi connectivity index (χ2n) is 7.86. The molecule has 3 aromatic rings. The summed E-state index contributed by atoms with van der Waals surface area (Å²) in [5.41, 5.74) is 1.97. The molecule has 0 unspecified atom stereocenters. The van der Waals surface area contributed by atoms with Crippen molar-refractivity contribution in [3.8, 4) is 11.3 Å². The van der Waals surface area contributed by atoms with Gasteiger partial charge in [-0.25, -0.2) is 17.7 Å². The molecule has 0 aliphatic heterocycles. The largest absolute Gasteiger partial charge is 0.345 e. The van der Waals surface area contributed by atoms with Gasteiger partial charge in [-0.2, -0.15) is 0 Å².